The number of phenolic OH excluding ortho intramolecular Hbond substituents is 1. The Morgan fingerprint density at radius 3 is 2.59 bits per heavy atom. The predicted octanol–water partition coefficient (Wildman–Crippen LogP) is 2.00. The molecule has 0 saturated heterocycles. The molecule has 0 spiro atoms. The second kappa shape index (κ2) is 4.77. The van der Waals surface area contributed by atoms with Crippen LogP contribution >= 0.6 is 0 Å². The highest BCUT2D eigenvalue weighted by atomic mass is 19.1. The fourth-order valence-corrected chi connectivity index (χ4v) is 1.17. The number of hydrogen-bond acceptors (Lipinski definition) is 5. The van der Waals surface area contributed by atoms with Gasteiger partial charge >= 0.3 is 11.7 Å². The summed E-state index contributed by atoms with van der Waals surface area (Å²) in [5.74, 6) is -3.24. The maximum Gasteiger partial charge on any atom is 0.345 e. The highest BCUT2D eigenvalue weighted by Crippen LogP contribution is 2.32. The zero-order valence-corrected chi connectivity index (χ0v) is 9.14. The molecule has 1 aromatic carbocycles. The molecule has 0 aromatic heterocycles. The van der Waals surface area contributed by atoms with Gasteiger partial charge in [-0.2, -0.15) is 0 Å². The topological polar surface area (TPSA) is 89.7 Å². The number of carbonyl (C=O) groups excluding carboxylic acids is 1. The average Bonchev–Trinajstić information content (AvgIpc) is 2.15. The van der Waals surface area contributed by atoms with Gasteiger partial charge in [0.2, 0.25) is 5.75 Å². The number of halogens is 1. The van der Waals surface area contributed by atoms with Gasteiger partial charge in [0.15, 0.2) is 0 Å². The second-order valence-electron chi connectivity index (χ2n) is 3.50. The summed E-state index contributed by atoms with van der Waals surface area (Å²) in [6.45, 7) is 3.06. The quantitative estimate of drug-likeness (QED) is 0.498. The maximum absolute atomic E-state index is 13.3. The molecular weight excluding hydrogens is 233 g/mol. The Kier molecular flexibility index (Phi) is 3.62. The number of nitro groups is 1. The zero-order chi connectivity index (χ0) is 13.2. The number of rotatable bonds is 3. The molecule has 0 radical (unpaired) electrons. The molecule has 0 amide bonds. The first-order chi connectivity index (χ1) is 7.84. The van der Waals surface area contributed by atoms with Gasteiger partial charge in [-0.3, -0.25) is 10.1 Å². The van der Waals surface area contributed by atoms with Crippen molar-refractivity contribution in [3.8, 4) is 5.75 Å². The summed E-state index contributed by atoms with van der Waals surface area (Å²) >= 11 is 0. The van der Waals surface area contributed by atoms with Gasteiger partial charge < -0.3 is 9.84 Å². The van der Waals surface area contributed by atoms with E-state index in [0.717, 1.165) is 12.1 Å². The van der Waals surface area contributed by atoms with Crippen molar-refractivity contribution < 1.29 is 24.0 Å². The first-order valence-electron chi connectivity index (χ1n) is 4.71. The second-order valence-corrected chi connectivity index (χ2v) is 3.50. The molecule has 0 fully saturated rings. The van der Waals surface area contributed by atoms with E-state index in [2.05, 4.69) is 4.74 Å². The fraction of sp³-hybridized carbons (Fsp3) is 0.300. The number of hydrogen-bond donors (Lipinski definition) is 1. The van der Waals surface area contributed by atoms with Gasteiger partial charge in [0.25, 0.3) is 0 Å². The highest BCUT2D eigenvalue weighted by Gasteiger charge is 2.26. The molecular formula is C10H10FNO5. The van der Waals surface area contributed by atoms with Crippen LogP contribution in [0.5, 0.6) is 5.75 Å². The van der Waals surface area contributed by atoms with E-state index in [4.69, 9.17) is 0 Å². The minimum absolute atomic E-state index is 0.527. The first kappa shape index (κ1) is 12.9. The Morgan fingerprint density at radius 1 is 1.53 bits per heavy atom. The standard InChI is InChI=1S/C10H10FNO5/c1-5(2)17-10(14)8-6(11)3-4-7(9(8)13)12(15)16/h3-5,13H,1-2H3. The summed E-state index contributed by atoms with van der Waals surface area (Å²) in [6, 6.07) is 1.51. The monoisotopic (exact) mass is 243 g/mol. The van der Waals surface area contributed by atoms with E-state index in [1.54, 1.807) is 0 Å². The summed E-state index contributed by atoms with van der Waals surface area (Å²) in [5, 5.41) is 19.9. The lowest BCUT2D eigenvalue weighted by Crippen LogP contribution is -2.13. The molecule has 17 heavy (non-hydrogen) atoms. The van der Waals surface area contributed by atoms with E-state index >= 15 is 0 Å². The number of aromatic hydroxyl groups is 1. The molecule has 1 N–H and O–H groups in total. The van der Waals surface area contributed by atoms with Crippen molar-refractivity contribution in [2.75, 3.05) is 0 Å². The van der Waals surface area contributed by atoms with E-state index in [1.165, 1.54) is 13.8 Å². The molecule has 0 unspecified atom stereocenters. The SMILES string of the molecule is CC(C)OC(=O)c1c(F)ccc([N+](=O)[O-])c1O. The Balaban J connectivity index is 3.27. The van der Waals surface area contributed by atoms with E-state index in [0.29, 0.717) is 0 Å². The Hall–Kier alpha value is -2.18. The van der Waals surface area contributed by atoms with Crippen LogP contribution in [0.25, 0.3) is 0 Å². The third-order valence-electron chi connectivity index (χ3n) is 1.85. The van der Waals surface area contributed by atoms with Crippen LogP contribution in [0.15, 0.2) is 12.1 Å². The van der Waals surface area contributed by atoms with Crippen LogP contribution in [0.2, 0.25) is 0 Å². The molecule has 0 saturated carbocycles. The largest absolute Gasteiger partial charge is 0.501 e. The fourth-order valence-electron chi connectivity index (χ4n) is 1.17. The molecule has 1 aromatic rings. The third kappa shape index (κ3) is 2.68. The summed E-state index contributed by atoms with van der Waals surface area (Å²) < 4.78 is 18.0. The van der Waals surface area contributed by atoms with Crippen LogP contribution in [0.1, 0.15) is 24.2 Å². The maximum atomic E-state index is 13.3. The van der Waals surface area contributed by atoms with Crippen molar-refractivity contribution in [3.63, 3.8) is 0 Å². The number of carbonyl (C=O) groups is 1. The van der Waals surface area contributed by atoms with Crippen molar-refractivity contribution in [2.24, 2.45) is 0 Å². The van der Waals surface area contributed by atoms with Gasteiger partial charge in [0, 0.05) is 6.07 Å². The lowest BCUT2D eigenvalue weighted by atomic mass is 10.1. The minimum atomic E-state index is -1.14. The molecule has 0 bridgehead atoms. The van der Waals surface area contributed by atoms with Gasteiger partial charge in [-0.05, 0) is 19.9 Å². The number of nitro benzene ring substituents is 1. The third-order valence-corrected chi connectivity index (χ3v) is 1.85. The number of esters is 1. The van der Waals surface area contributed by atoms with Crippen LogP contribution in [-0.4, -0.2) is 22.1 Å². The van der Waals surface area contributed by atoms with Crippen LogP contribution in [0.4, 0.5) is 10.1 Å². The Bertz CT molecular complexity index is 472. The summed E-state index contributed by atoms with van der Waals surface area (Å²) in [6.07, 6.45) is -0.527. The van der Waals surface area contributed by atoms with Crippen molar-refractivity contribution in [1.82, 2.24) is 0 Å². The normalized spacial score (nSPS) is 10.4. The van der Waals surface area contributed by atoms with Crippen molar-refractivity contribution >= 4 is 11.7 Å². The molecule has 0 aliphatic carbocycles. The smallest absolute Gasteiger partial charge is 0.345 e. The molecule has 6 nitrogen and oxygen atoms in total. The highest BCUT2D eigenvalue weighted by molar-refractivity contribution is 5.94. The van der Waals surface area contributed by atoms with Crippen LogP contribution in [0, 0.1) is 15.9 Å². The van der Waals surface area contributed by atoms with E-state index < -0.39 is 39.8 Å². The summed E-state index contributed by atoms with van der Waals surface area (Å²) in [4.78, 5) is 21.0. The molecule has 1 rings (SSSR count). The van der Waals surface area contributed by atoms with Crippen LogP contribution in [-0.2, 0) is 4.74 Å². The molecule has 0 atom stereocenters. The summed E-state index contributed by atoms with van der Waals surface area (Å²) in [7, 11) is 0. The molecule has 7 heteroatoms. The van der Waals surface area contributed by atoms with Crippen molar-refractivity contribution in [2.45, 2.75) is 20.0 Å². The Labute approximate surface area is 95.8 Å². The van der Waals surface area contributed by atoms with Crippen LogP contribution < -0.4 is 0 Å². The first-order valence-corrected chi connectivity index (χ1v) is 4.71. The molecule has 0 aliphatic rings. The number of phenols is 1. The van der Waals surface area contributed by atoms with E-state index in [1.807, 2.05) is 0 Å². The number of benzene rings is 1. The van der Waals surface area contributed by atoms with Crippen LogP contribution in [0.3, 0.4) is 0 Å². The number of ether oxygens (including phenoxy) is 1. The predicted molar refractivity (Wildman–Crippen MR) is 55.3 cm³/mol. The molecule has 0 aliphatic heterocycles. The van der Waals surface area contributed by atoms with Gasteiger partial charge in [-0.25, -0.2) is 9.18 Å². The van der Waals surface area contributed by atoms with Crippen molar-refractivity contribution in [3.05, 3.63) is 33.6 Å². The molecule has 0 heterocycles. The van der Waals surface area contributed by atoms with E-state index in [9.17, 15) is 24.4 Å². The summed E-state index contributed by atoms with van der Waals surface area (Å²) in [5.41, 5.74) is -1.57. The van der Waals surface area contributed by atoms with Crippen molar-refractivity contribution in [1.29, 1.82) is 0 Å². The number of nitrogens with zero attached hydrogens (tertiary/aromatic N) is 1. The Morgan fingerprint density at radius 2 is 2.12 bits per heavy atom. The zero-order valence-electron chi connectivity index (χ0n) is 9.14. The van der Waals surface area contributed by atoms with Gasteiger partial charge in [0.05, 0.1) is 11.0 Å². The lowest BCUT2D eigenvalue weighted by Gasteiger charge is -2.09. The van der Waals surface area contributed by atoms with E-state index in [-0.39, 0.29) is 0 Å². The van der Waals surface area contributed by atoms with Gasteiger partial charge in [-0.1, -0.05) is 0 Å². The van der Waals surface area contributed by atoms with Gasteiger partial charge in [-0.15, -0.1) is 0 Å². The lowest BCUT2D eigenvalue weighted by molar-refractivity contribution is -0.386. The minimum Gasteiger partial charge on any atom is -0.501 e. The molecule has 92 valence electrons. The average molecular weight is 243 g/mol. The van der Waals surface area contributed by atoms with Gasteiger partial charge in [0.1, 0.15) is 11.4 Å².